The zero-order valence-corrected chi connectivity index (χ0v) is 17.9. The van der Waals surface area contributed by atoms with Crippen LogP contribution < -0.4 is 5.32 Å². The van der Waals surface area contributed by atoms with Crippen molar-refractivity contribution in [2.24, 2.45) is 5.92 Å². The van der Waals surface area contributed by atoms with Gasteiger partial charge >= 0.3 is 0 Å². The number of sulfonamides is 1. The van der Waals surface area contributed by atoms with E-state index in [9.17, 15) is 18.0 Å². The average Bonchev–Trinajstić information content (AvgIpc) is 3.27. The summed E-state index contributed by atoms with van der Waals surface area (Å²) in [6.07, 6.45) is 1.38. The molecule has 1 aliphatic heterocycles. The highest BCUT2D eigenvalue weighted by Crippen LogP contribution is 2.23. The van der Waals surface area contributed by atoms with E-state index in [1.54, 1.807) is 49.5 Å². The molecule has 1 saturated heterocycles. The fourth-order valence-corrected chi connectivity index (χ4v) is 5.49. The molecule has 0 saturated carbocycles. The maximum atomic E-state index is 12.7. The molecule has 1 aromatic heterocycles. The van der Waals surface area contributed by atoms with Crippen LogP contribution in [0.3, 0.4) is 0 Å². The predicted octanol–water partition coefficient (Wildman–Crippen LogP) is 2.04. The summed E-state index contributed by atoms with van der Waals surface area (Å²) in [6.45, 7) is 1.36. The van der Waals surface area contributed by atoms with Crippen LogP contribution in [0.2, 0.25) is 0 Å². The van der Waals surface area contributed by atoms with Crippen molar-refractivity contribution in [3.05, 3.63) is 52.7 Å². The van der Waals surface area contributed by atoms with E-state index < -0.39 is 10.0 Å². The molecule has 0 unspecified atom stereocenters. The first kappa shape index (κ1) is 21.5. The molecule has 156 valence electrons. The summed E-state index contributed by atoms with van der Waals surface area (Å²) in [6, 6.07) is 12.0. The summed E-state index contributed by atoms with van der Waals surface area (Å²) in [5, 5.41) is 4.70. The summed E-state index contributed by atoms with van der Waals surface area (Å²) >= 11 is 1.35. The molecular formula is C20H25N3O4S2. The summed E-state index contributed by atoms with van der Waals surface area (Å²) in [4.78, 5) is 26.7. The van der Waals surface area contributed by atoms with E-state index in [0.717, 1.165) is 0 Å². The Balaban J connectivity index is 1.43. The number of thiophene rings is 1. The summed E-state index contributed by atoms with van der Waals surface area (Å²) in [5.74, 6) is -0.161. The van der Waals surface area contributed by atoms with E-state index in [1.165, 1.54) is 20.5 Å². The van der Waals surface area contributed by atoms with E-state index in [2.05, 4.69) is 5.32 Å². The standard InChI is InChI=1S/C20H25N3O4S2/c1-22(20(25)18-8-5-13-28-18)15-19(24)21-14-16-9-11-23(12-10-16)29(26,27)17-6-3-2-4-7-17/h2-8,13,16H,9-12,14-15H2,1H3,(H,21,24). The monoisotopic (exact) mass is 435 g/mol. The number of nitrogens with one attached hydrogen (secondary N) is 1. The molecule has 29 heavy (non-hydrogen) atoms. The Kier molecular flexibility index (Phi) is 7.05. The molecule has 3 rings (SSSR count). The number of carbonyl (C=O) groups excluding carboxylic acids is 2. The zero-order chi connectivity index (χ0) is 20.9. The Morgan fingerprint density at radius 1 is 1.14 bits per heavy atom. The van der Waals surface area contributed by atoms with Crippen LogP contribution in [0.4, 0.5) is 0 Å². The maximum absolute atomic E-state index is 12.7. The van der Waals surface area contributed by atoms with Gasteiger partial charge in [0.1, 0.15) is 0 Å². The third kappa shape index (κ3) is 5.43. The molecule has 1 aliphatic rings. The lowest BCUT2D eigenvalue weighted by Crippen LogP contribution is -2.43. The molecule has 7 nitrogen and oxygen atoms in total. The number of benzene rings is 1. The third-order valence-corrected chi connectivity index (χ3v) is 7.77. The van der Waals surface area contributed by atoms with Crippen molar-refractivity contribution < 1.29 is 18.0 Å². The van der Waals surface area contributed by atoms with Crippen LogP contribution in [0, 0.1) is 5.92 Å². The van der Waals surface area contributed by atoms with E-state index in [4.69, 9.17) is 0 Å². The van der Waals surface area contributed by atoms with Gasteiger partial charge in [0.25, 0.3) is 5.91 Å². The van der Waals surface area contributed by atoms with E-state index in [-0.39, 0.29) is 24.3 Å². The normalized spacial score (nSPS) is 15.8. The fraction of sp³-hybridized carbons (Fsp3) is 0.400. The average molecular weight is 436 g/mol. The number of hydrogen-bond donors (Lipinski definition) is 1. The van der Waals surface area contributed by atoms with Gasteiger partial charge in [-0.2, -0.15) is 4.31 Å². The topological polar surface area (TPSA) is 86.8 Å². The van der Waals surface area contributed by atoms with Crippen LogP contribution in [-0.4, -0.2) is 62.7 Å². The molecule has 0 aliphatic carbocycles. The molecule has 0 radical (unpaired) electrons. The van der Waals surface area contributed by atoms with Gasteiger partial charge in [-0.1, -0.05) is 24.3 Å². The molecule has 1 N–H and O–H groups in total. The number of piperidine rings is 1. The molecule has 9 heteroatoms. The van der Waals surface area contributed by atoms with Crippen LogP contribution in [0.15, 0.2) is 52.7 Å². The Bertz CT molecular complexity index is 922. The first-order chi connectivity index (χ1) is 13.9. The first-order valence-electron chi connectivity index (χ1n) is 9.49. The molecule has 2 aromatic rings. The second-order valence-corrected chi connectivity index (χ2v) is 9.99. The second kappa shape index (κ2) is 9.51. The Labute approximate surface area is 175 Å². The summed E-state index contributed by atoms with van der Waals surface area (Å²) in [5.41, 5.74) is 0. The van der Waals surface area contributed by atoms with Gasteiger partial charge in [0.15, 0.2) is 0 Å². The lowest BCUT2D eigenvalue weighted by molar-refractivity contribution is -0.121. The number of amides is 2. The molecule has 0 bridgehead atoms. The van der Waals surface area contributed by atoms with Crippen molar-refractivity contribution in [1.29, 1.82) is 0 Å². The van der Waals surface area contributed by atoms with Crippen molar-refractivity contribution in [2.45, 2.75) is 17.7 Å². The smallest absolute Gasteiger partial charge is 0.264 e. The van der Waals surface area contributed by atoms with E-state index in [0.29, 0.717) is 42.2 Å². The third-order valence-electron chi connectivity index (χ3n) is 5.00. The van der Waals surface area contributed by atoms with Crippen LogP contribution in [0.25, 0.3) is 0 Å². The molecule has 0 atom stereocenters. The number of hydrogen-bond acceptors (Lipinski definition) is 5. The van der Waals surface area contributed by atoms with Gasteiger partial charge in [-0.25, -0.2) is 8.42 Å². The lowest BCUT2D eigenvalue weighted by Gasteiger charge is -2.31. The number of carbonyl (C=O) groups is 2. The first-order valence-corrected chi connectivity index (χ1v) is 11.8. The van der Waals surface area contributed by atoms with Crippen LogP contribution in [0.1, 0.15) is 22.5 Å². The molecule has 1 fully saturated rings. The highest BCUT2D eigenvalue weighted by atomic mass is 32.2. The van der Waals surface area contributed by atoms with Crippen LogP contribution >= 0.6 is 11.3 Å². The van der Waals surface area contributed by atoms with E-state index >= 15 is 0 Å². The van der Waals surface area contributed by atoms with Crippen molar-refractivity contribution in [2.75, 3.05) is 33.2 Å². The molecular weight excluding hydrogens is 410 g/mol. The number of nitrogens with zero attached hydrogens (tertiary/aromatic N) is 2. The summed E-state index contributed by atoms with van der Waals surface area (Å²) in [7, 11) is -1.86. The lowest BCUT2D eigenvalue weighted by atomic mass is 9.98. The zero-order valence-electron chi connectivity index (χ0n) is 16.3. The van der Waals surface area contributed by atoms with Crippen molar-refractivity contribution in [1.82, 2.24) is 14.5 Å². The van der Waals surface area contributed by atoms with Crippen LogP contribution in [-0.2, 0) is 14.8 Å². The summed E-state index contributed by atoms with van der Waals surface area (Å²) < 4.78 is 26.8. The van der Waals surface area contributed by atoms with Crippen molar-refractivity contribution >= 4 is 33.2 Å². The maximum Gasteiger partial charge on any atom is 0.264 e. The highest BCUT2D eigenvalue weighted by Gasteiger charge is 2.29. The van der Waals surface area contributed by atoms with Gasteiger partial charge in [0.05, 0.1) is 16.3 Å². The minimum Gasteiger partial charge on any atom is -0.354 e. The minimum absolute atomic E-state index is 0.00202. The van der Waals surface area contributed by atoms with Gasteiger partial charge in [-0.05, 0) is 42.3 Å². The van der Waals surface area contributed by atoms with Crippen LogP contribution in [0.5, 0.6) is 0 Å². The molecule has 2 heterocycles. The molecule has 0 spiro atoms. The van der Waals surface area contributed by atoms with E-state index in [1.807, 2.05) is 5.38 Å². The van der Waals surface area contributed by atoms with Gasteiger partial charge in [-0.3, -0.25) is 9.59 Å². The Hall–Kier alpha value is -2.23. The highest BCUT2D eigenvalue weighted by molar-refractivity contribution is 7.89. The largest absolute Gasteiger partial charge is 0.354 e. The number of rotatable bonds is 7. The van der Waals surface area contributed by atoms with Gasteiger partial charge in [0.2, 0.25) is 15.9 Å². The van der Waals surface area contributed by atoms with Gasteiger partial charge in [0, 0.05) is 26.7 Å². The minimum atomic E-state index is -3.46. The van der Waals surface area contributed by atoms with Crippen molar-refractivity contribution in [3.63, 3.8) is 0 Å². The Morgan fingerprint density at radius 2 is 1.83 bits per heavy atom. The quantitative estimate of drug-likeness (QED) is 0.721. The predicted molar refractivity (Wildman–Crippen MR) is 112 cm³/mol. The number of likely N-dealkylation sites (N-methyl/N-ethyl adjacent to an activating group) is 1. The Morgan fingerprint density at radius 3 is 2.45 bits per heavy atom. The van der Waals surface area contributed by atoms with Crippen molar-refractivity contribution in [3.8, 4) is 0 Å². The molecule has 2 amide bonds. The van der Waals surface area contributed by atoms with Gasteiger partial charge < -0.3 is 10.2 Å². The van der Waals surface area contributed by atoms with Gasteiger partial charge in [-0.15, -0.1) is 11.3 Å². The fourth-order valence-electron chi connectivity index (χ4n) is 3.28. The molecule has 1 aromatic carbocycles. The SMILES string of the molecule is CN(CC(=O)NCC1CCN(S(=O)(=O)c2ccccc2)CC1)C(=O)c1cccs1. The second-order valence-electron chi connectivity index (χ2n) is 7.10.